The monoisotopic (exact) mass is 1480 g/mol. The number of carbonyl (C=O) groups excluding carboxylic acids is 2. The lowest BCUT2D eigenvalue weighted by Crippen LogP contribution is -2.38. The Hall–Kier alpha value is -9.01. The molecule has 0 bridgehead atoms. The molecule has 1 aromatic heterocycles. The van der Waals surface area contributed by atoms with Crippen molar-refractivity contribution in [3.8, 4) is 61.9 Å². The minimum absolute atomic E-state index is 0.0761. The number of ether oxygens (including phenoxy) is 2. The number of benzene rings is 10. The Balaban J connectivity index is 0.732. The Morgan fingerprint density at radius 1 is 0.645 bits per heavy atom. The van der Waals surface area contributed by atoms with Crippen LogP contribution in [0.25, 0.3) is 66.6 Å². The summed E-state index contributed by atoms with van der Waals surface area (Å²) in [5.74, 6) is 0.506. The Labute approximate surface area is 560 Å². The minimum atomic E-state index is -4.46. The molecule has 4 heterocycles. The van der Waals surface area contributed by atoms with Gasteiger partial charge in [0.2, 0.25) is 0 Å². The summed E-state index contributed by atoms with van der Waals surface area (Å²) in [6.45, 7) is 3.84. The quantitative estimate of drug-likeness (QED) is 0.0281. The van der Waals surface area contributed by atoms with Crippen LogP contribution in [0.2, 0.25) is 0 Å². The first-order chi connectivity index (χ1) is 44.9. The number of halogens is 8. The van der Waals surface area contributed by atoms with Crippen molar-refractivity contribution < 1.29 is 46.0 Å². The van der Waals surface area contributed by atoms with Gasteiger partial charge in [0.05, 0.1) is 11.3 Å². The normalized spacial score (nSPS) is 14.8. The van der Waals surface area contributed by atoms with Crippen LogP contribution in [0.3, 0.4) is 0 Å². The molecule has 1 unspecified atom stereocenters. The van der Waals surface area contributed by atoms with Crippen molar-refractivity contribution >= 4 is 103 Å². The van der Waals surface area contributed by atoms with E-state index in [-0.39, 0.29) is 6.42 Å². The van der Waals surface area contributed by atoms with Gasteiger partial charge in [-0.3, -0.25) is 14.5 Å². The van der Waals surface area contributed by atoms with E-state index in [0.717, 1.165) is 62.5 Å². The number of esters is 1. The van der Waals surface area contributed by atoms with Gasteiger partial charge in [0.1, 0.15) is 17.2 Å². The molecule has 93 heavy (non-hydrogen) atoms. The summed E-state index contributed by atoms with van der Waals surface area (Å²) in [6, 6.07) is 65.3. The van der Waals surface area contributed by atoms with Gasteiger partial charge in [0, 0.05) is 101 Å². The van der Waals surface area contributed by atoms with Gasteiger partial charge in [-0.1, -0.05) is 159 Å². The molecule has 1 amide bonds. The molecule has 0 fully saturated rings. The topological polar surface area (TPSA) is 93.0 Å². The molecule has 2 N–H and O–H groups in total. The summed E-state index contributed by atoms with van der Waals surface area (Å²) < 4.78 is 93.6. The molecule has 17 heteroatoms. The third kappa shape index (κ3) is 11.8. The molecule has 0 saturated carbocycles. The van der Waals surface area contributed by atoms with Crippen molar-refractivity contribution in [1.82, 2.24) is 8.01 Å². The number of carbonyl (C=O) groups is 2. The third-order valence-electron chi connectivity index (χ3n) is 17.1. The van der Waals surface area contributed by atoms with Crippen LogP contribution in [0, 0.1) is 13.8 Å². The molecule has 1 radical (unpaired) electrons. The highest BCUT2D eigenvalue weighted by atomic mass is 127. The lowest BCUT2D eigenvalue weighted by atomic mass is 9.85. The van der Waals surface area contributed by atoms with Crippen molar-refractivity contribution in [3.05, 3.63) is 295 Å². The maximum absolute atomic E-state index is 16.5. The molecule has 3 aliphatic rings. The fourth-order valence-electron chi connectivity index (χ4n) is 12.8. The average Bonchev–Trinajstić information content (AvgIpc) is 1.17. The van der Waals surface area contributed by atoms with Gasteiger partial charge in [-0.05, 0) is 185 Å². The van der Waals surface area contributed by atoms with Gasteiger partial charge in [-0.2, -0.15) is 13.2 Å². The largest absolute Gasteiger partial charge is 0.484 e. The molecule has 0 saturated heterocycles. The standard InChI is InChI=1S/C76H52BBr2F5IN3O5/c1-43-38-56(92-67(89)15-9-10-45-16-31-55(32-17-45)87-74(90)58-34-33-57-62-40-51(46-18-25-52(26-19-46)76(80,81)82)24-36-65(62)93-66-37-35-59(75(87)91)69(58)70(57)66)39-44(2)68(43)71(72-60(47-11-5-3-6-12-47)41-63(85-86-72)49-20-27-53(78)28-21-49)73-61(48-13-7-4-8-14-48)42-64(88(73)77(83)84)50-22-29-54(79)30-23-50/h3-8,11-14,16-42,74,86,90H,9-10,15H2,1-2H3/q-1/b72-71-. The van der Waals surface area contributed by atoms with Crippen LogP contribution in [0.4, 0.5) is 27.5 Å². The number of nitrogens with one attached hydrogen (secondary N) is 1. The van der Waals surface area contributed by atoms with Crippen molar-refractivity contribution in [2.75, 3.05) is 4.90 Å². The Bertz CT molecular complexity index is 4880. The zero-order chi connectivity index (χ0) is 64.4. The van der Waals surface area contributed by atoms with Crippen LogP contribution in [0.15, 0.2) is 239 Å². The molecule has 461 valence electrons. The fourth-order valence-corrected chi connectivity index (χ4v) is 15.6. The summed E-state index contributed by atoms with van der Waals surface area (Å²) in [5, 5.41) is 13.2. The summed E-state index contributed by atoms with van der Waals surface area (Å²) in [4.78, 5) is 29.7. The molecule has 0 spiro atoms. The minimum Gasteiger partial charge on any atom is -0.484 e. The van der Waals surface area contributed by atoms with Crippen LogP contribution in [0.1, 0.15) is 79.6 Å². The van der Waals surface area contributed by atoms with E-state index in [0.29, 0.717) is 125 Å². The van der Waals surface area contributed by atoms with Gasteiger partial charge in [-0.15, -0.1) is 0 Å². The number of aryl methyl sites for hydroxylation is 3. The first-order valence-corrected chi connectivity index (χ1v) is 33.6. The maximum Gasteiger partial charge on any atom is 0.416 e. The predicted molar refractivity (Wildman–Crippen MR) is 375 cm³/mol. The number of allylic oxidation sites excluding steroid dienone is 2. The van der Waals surface area contributed by atoms with Crippen molar-refractivity contribution in [2.45, 2.75) is 45.5 Å². The second-order valence-electron chi connectivity index (χ2n) is 23.0. The lowest BCUT2D eigenvalue weighted by Gasteiger charge is -2.35. The zero-order valence-electron chi connectivity index (χ0n) is 49.6. The van der Waals surface area contributed by atoms with Crippen LogP contribution in [0.5, 0.6) is 17.2 Å². The molecular weight excluding hydrogens is 1430 g/mol. The summed E-state index contributed by atoms with van der Waals surface area (Å²) in [7, 11) is -2.97. The van der Waals surface area contributed by atoms with Crippen molar-refractivity contribution in [1.29, 1.82) is 0 Å². The van der Waals surface area contributed by atoms with Crippen molar-refractivity contribution in [2.24, 2.45) is 0 Å². The number of anilines is 1. The highest BCUT2D eigenvalue weighted by Gasteiger charge is 2.38. The molecule has 10 aromatic carbocycles. The van der Waals surface area contributed by atoms with Gasteiger partial charge in [0.15, 0.2) is 6.23 Å². The average molecular weight is 1480 g/mol. The number of amides is 1. The van der Waals surface area contributed by atoms with E-state index in [4.69, 9.17) is 9.47 Å². The lowest BCUT2D eigenvalue weighted by molar-refractivity contribution is -0.137. The number of alkyl halides is 3. The van der Waals surface area contributed by atoms with E-state index in [1.165, 1.54) is 17.0 Å². The molecule has 14 rings (SSSR count). The number of aromatic nitrogens is 1. The Kier molecular flexibility index (Phi) is 16.6. The van der Waals surface area contributed by atoms with E-state index in [9.17, 15) is 27.9 Å². The number of nitrogens with zero attached hydrogens (tertiary/aromatic N) is 2. The molecule has 0 aliphatic carbocycles. The predicted octanol–water partition coefficient (Wildman–Crippen LogP) is 20.5. The van der Waals surface area contributed by atoms with Crippen LogP contribution in [-0.4, -0.2) is 32.4 Å². The van der Waals surface area contributed by atoms with Gasteiger partial charge >= 0.3 is 19.5 Å². The van der Waals surface area contributed by atoms with E-state index in [2.05, 4.69) is 53.6 Å². The summed E-state index contributed by atoms with van der Waals surface area (Å²) in [6.07, 6.45) is -2.61. The van der Waals surface area contributed by atoms with Crippen molar-refractivity contribution in [3.63, 3.8) is 0 Å². The number of aliphatic hydroxyl groups excluding tert-OH is 1. The van der Waals surface area contributed by atoms with E-state index in [1.54, 1.807) is 54.6 Å². The number of rotatable bonds is 14. The molecule has 1 atom stereocenters. The summed E-state index contributed by atoms with van der Waals surface area (Å²) in [5.41, 5.74) is 13.1. The molecule has 8 nitrogen and oxygen atoms in total. The molecule has 11 aromatic rings. The molecular formula is C76H52BBr2F5IN3O5-. The van der Waals surface area contributed by atoms with Crippen LogP contribution < -0.4 is 17.9 Å². The highest BCUT2D eigenvalue weighted by Crippen LogP contribution is 2.53. The van der Waals surface area contributed by atoms with E-state index >= 15 is 8.63 Å². The first-order valence-electron chi connectivity index (χ1n) is 29.9. The number of aliphatic hydroxyl groups is 1. The third-order valence-corrected chi connectivity index (χ3v) is 20.5. The van der Waals surface area contributed by atoms with Gasteiger partial charge in [-0.25, -0.2) is 0 Å². The summed E-state index contributed by atoms with van der Waals surface area (Å²) >= 11 is 6.18. The van der Waals surface area contributed by atoms with Gasteiger partial charge < -0.3 is 31.2 Å². The van der Waals surface area contributed by atoms with Crippen LogP contribution in [-0.2, 0) is 17.4 Å². The Morgan fingerprint density at radius 3 is 1.91 bits per heavy atom. The zero-order valence-corrected chi connectivity index (χ0v) is 55.0. The Morgan fingerprint density at radius 2 is 1.26 bits per heavy atom. The van der Waals surface area contributed by atoms with Crippen LogP contribution >= 0.6 is 52.9 Å². The SMILES string of the molecule is Cc1cc(OC(=O)CCCc2ccc(N3C(=O)c4ccc5c6c(ccc(c46)C3O)-c3cc(-c4ccc(C(F)(F)F)cc4)ccc3O5)cc2)cc(C)c1/C(=C1/NI=C(c2ccc(Br)cc2)C=C1c1ccccc1)c1c(-c2ccccc2)cc(-c2ccc(Br)cc2)n1[B-](F)F. The van der Waals surface area contributed by atoms with E-state index < -0.39 is 58.3 Å². The second-order valence-corrected chi connectivity index (χ2v) is 27.0. The molecule has 3 aliphatic heterocycles. The maximum atomic E-state index is 16.5. The fraction of sp³-hybridized carbons (Fsp3) is 0.0921. The van der Waals surface area contributed by atoms with Gasteiger partial charge in [0.25, 0.3) is 5.91 Å². The smallest absolute Gasteiger partial charge is 0.416 e. The number of hydrogen-bond donors (Lipinski definition) is 2. The number of hydrogen-bond acceptors (Lipinski definition) is 6. The second kappa shape index (κ2) is 25.1. The highest BCUT2D eigenvalue weighted by molar-refractivity contribution is 14.2. The first kappa shape index (κ1) is 61.5. The number of fused-ring (bicyclic) bond motifs is 2. The van der Waals surface area contributed by atoms with E-state index in [1.807, 2.05) is 141 Å².